The maximum atomic E-state index is 12.1. The summed E-state index contributed by atoms with van der Waals surface area (Å²) in [6.45, 7) is 3.44. The van der Waals surface area contributed by atoms with Crippen LogP contribution in [-0.2, 0) is 0 Å². The van der Waals surface area contributed by atoms with Crippen molar-refractivity contribution in [3.05, 3.63) is 45.5 Å². The molecule has 100 valence electrons. The van der Waals surface area contributed by atoms with Crippen molar-refractivity contribution in [3.63, 3.8) is 0 Å². The number of carbonyl (C=O) groups is 1. The number of nitrogens with one attached hydrogen (secondary N) is 1. The first-order valence-electron chi connectivity index (χ1n) is 5.54. The fourth-order valence-corrected chi connectivity index (χ4v) is 1.89. The van der Waals surface area contributed by atoms with Crippen LogP contribution in [0.3, 0.4) is 0 Å². The van der Waals surface area contributed by atoms with E-state index in [1.54, 1.807) is 32.0 Å². The molecule has 1 aromatic carbocycles. The monoisotopic (exact) mass is 299 g/mol. The molecule has 0 radical (unpaired) electrons. The Morgan fingerprint density at radius 1 is 1.42 bits per heavy atom. The van der Waals surface area contributed by atoms with Gasteiger partial charge in [0.1, 0.15) is 6.04 Å². The molecular weight excluding hydrogens is 289 g/mol. The van der Waals surface area contributed by atoms with Crippen LogP contribution in [0, 0.1) is 6.92 Å². The molecular formula is C12H11Cl2N3O2. The van der Waals surface area contributed by atoms with Gasteiger partial charge < -0.3 is 9.84 Å². The lowest BCUT2D eigenvalue weighted by molar-refractivity contribution is 0.0932. The first-order chi connectivity index (χ1) is 8.99. The lowest BCUT2D eigenvalue weighted by Gasteiger charge is -2.11. The van der Waals surface area contributed by atoms with Crippen LogP contribution in [0.15, 0.2) is 22.7 Å². The Bertz CT molecular complexity index is 613. The van der Waals surface area contributed by atoms with Crippen molar-refractivity contribution in [2.75, 3.05) is 0 Å². The summed E-state index contributed by atoms with van der Waals surface area (Å²) in [6, 6.07) is 4.45. The molecule has 0 fully saturated rings. The number of aryl methyl sites for hydroxylation is 1. The van der Waals surface area contributed by atoms with Crippen molar-refractivity contribution in [3.8, 4) is 0 Å². The molecule has 1 atom stereocenters. The zero-order valence-corrected chi connectivity index (χ0v) is 11.8. The zero-order chi connectivity index (χ0) is 14.0. The third-order valence-electron chi connectivity index (χ3n) is 2.46. The van der Waals surface area contributed by atoms with Gasteiger partial charge in [0.2, 0.25) is 5.89 Å². The predicted molar refractivity (Wildman–Crippen MR) is 71.4 cm³/mol. The minimum atomic E-state index is -0.413. The van der Waals surface area contributed by atoms with Crippen LogP contribution in [0.5, 0.6) is 0 Å². The quantitative estimate of drug-likeness (QED) is 0.945. The van der Waals surface area contributed by atoms with E-state index < -0.39 is 6.04 Å². The number of hydrogen-bond acceptors (Lipinski definition) is 4. The van der Waals surface area contributed by atoms with E-state index in [9.17, 15) is 4.79 Å². The Hall–Kier alpha value is -1.59. The fraction of sp³-hybridized carbons (Fsp3) is 0.250. The second-order valence-corrected chi connectivity index (χ2v) is 4.76. The van der Waals surface area contributed by atoms with Crippen LogP contribution >= 0.6 is 23.2 Å². The van der Waals surface area contributed by atoms with Crippen LogP contribution in [0.2, 0.25) is 10.0 Å². The molecule has 1 heterocycles. The van der Waals surface area contributed by atoms with Gasteiger partial charge in [-0.2, -0.15) is 4.98 Å². The van der Waals surface area contributed by atoms with Gasteiger partial charge in [0.25, 0.3) is 5.91 Å². The molecule has 5 nitrogen and oxygen atoms in total. The Labute approximate surface area is 119 Å². The Balaban J connectivity index is 2.15. The van der Waals surface area contributed by atoms with Gasteiger partial charge in [0, 0.05) is 0 Å². The second kappa shape index (κ2) is 5.59. The average molecular weight is 300 g/mol. The molecule has 0 aliphatic carbocycles. The summed E-state index contributed by atoms with van der Waals surface area (Å²) in [5.41, 5.74) is 0.303. The Morgan fingerprint density at radius 3 is 2.79 bits per heavy atom. The number of halogens is 2. The lowest BCUT2D eigenvalue weighted by Crippen LogP contribution is -2.27. The molecule has 1 N–H and O–H groups in total. The van der Waals surface area contributed by atoms with Crippen molar-refractivity contribution in [2.24, 2.45) is 0 Å². The number of rotatable bonds is 3. The summed E-state index contributed by atoms with van der Waals surface area (Å²) < 4.78 is 4.98. The molecule has 0 aliphatic heterocycles. The van der Waals surface area contributed by atoms with Crippen LogP contribution in [0.25, 0.3) is 0 Å². The summed E-state index contributed by atoms with van der Waals surface area (Å²) in [7, 11) is 0. The molecule has 0 saturated carbocycles. The number of nitrogens with zero attached hydrogens (tertiary/aromatic N) is 2. The van der Waals surface area contributed by atoms with Crippen molar-refractivity contribution in [2.45, 2.75) is 19.9 Å². The van der Waals surface area contributed by atoms with Gasteiger partial charge in [-0.15, -0.1) is 0 Å². The highest BCUT2D eigenvalue weighted by Gasteiger charge is 2.18. The van der Waals surface area contributed by atoms with E-state index in [-0.39, 0.29) is 10.9 Å². The third-order valence-corrected chi connectivity index (χ3v) is 3.28. The number of carbonyl (C=O) groups excluding carboxylic acids is 1. The highest BCUT2D eigenvalue weighted by molar-refractivity contribution is 6.43. The zero-order valence-electron chi connectivity index (χ0n) is 10.3. The lowest BCUT2D eigenvalue weighted by atomic mass is 10.2. The summed E-state index contributed by atoms with van der Waals surface area (Å²) in [4.78, 5) is 16.1. The third kappa shape index (κ3) is 3.05. The van der Waals surface area contributed by atoms with Crippen LogP contribution in [-0.4, -0.2) is 16.0 Å². The average Bonchev–Trinajstić information content (AvgIpc) is 2.79. The van der Waals surface area contributed by atoms with E-state index in [1.807, 2.05) is 0 Å². The van der Waals surface area contributed by atoms with Gasteiger partial charge in [0.15, 0.2) is 5.82 Å². The summed E-state index contributed by atoms with van der Waals surface area (Å²) >= 11 is 11.8. The van der Waals surface area contributed by atoms with Crippen molar-refractivity contribution in [1.82, 2.24) is 15.5 Å². The van der Waals surface area contributed by atoms with Crippen molar-refractivity contribution >= 4 is 29.1 Å². The smallest absolute Gasteiger partial charge is 0.253 e. The van der Waals surface area contributed by atoms with Gasteiger partial charge in [-0.05, 0) is 26.0 Å². The Kier molecular flexibility index (Phi) is 4.07. The number of hydrogen-bond donors (Lipinski definition) is 1. The summed E-state index contributed by atoms with van der Waals surface area (Å²) in [5, 5.41) is 6.93. The standard InChI is InChI=1S/C12H11Cl2N3O2/c1-6(12-16-7(2)17-19-12)15-11(18)8-4-3-5-9(13)10(8)14/h3-6H,1-2H3,(H,15,18). The number of amides is 1. The van der Waals surface area contributed by atoms with Gasteiger partial charge in [-0.1, -0.05) is 34.4 Å². The van der Waals surface area contributed by atoms with E-state index in [2.05, 4.69) is 15.5 Å². The normalized spacial score (nSPS) is 12.2. The molecule has 7 heteroatoms. The van der Waals surface area contributed by atoms with Gasteiger partial charge in [-0.25, -0.2) is 0 Å². The molecule has 1 amide bonds. The first-order valence-corrected chi connectivity index (χ1v) is 6.29. The van der Waals surface area contributed by atoms with E-state index in [4.69, 9.17) is 27.7 Å². The minimum absolute atomic E-state index is 0.218. The summed E-state index contributed by atoms with van der Waals surface area (Å²) in [5.74, 6) is 0.497. The minimum Gasteiger partial charge on any atom is -0.340 e. The molecule has 0 bridgehead atoms. The summed E-state index contributed by atoms with van der Waals surface area (Å²) in [6.07, 6.45) is 0. The van der Waals surface area contributed by atoms with Crippen LogP contribution in [0.1, 0.15) is 35.0 Å². The van der Waals surface area contributed by atoms with Crippen molar-refractivity contribution in [1.29, 1.82) is 0 Å². The van der Waals surface area contributed by atoms with E-state index in [0.29, 0.717) is 22.3 Å². The SMILES string of the molecule is Cc1noc(C(C)NC(=O)c2cccc(Cl)c2Cl)n1. The van der Waals surface area contributed by atoms with Crippen molar-refractivity contribution < 1.29 is 9.32 Å². The fourth-order valence-electron chi connectivity index (χ4n) is 1.50. The van der Waals surface area contributed by atoms with Crippen LogP contribution in [0.4, 0.5) is 0 Å². The number of aromatic nitrogens is 2. The molecule has 0 aliphatic rings. The molecule has 0 saturated heterocycles. The Morgan fingerprint density at radius 2 is 2.16 bits per heavy atom. The first kappa shape index (κ1) is 13.8. The maximum Gasteiger partial charge on any atom is 0.253 e. The topological polar surface area (TPSA) is 68.0 Å². The highest BCUT2D eigenvalue weighted by Crippen LogP contribution is 2.25. The van der Waals surface area contributed by atoms with Gasteiger partial charge >= 0.3 is 0 Å². The number of benzene rings is 1. The van der Waals surface area contributed by atoms with E-state index in [0.717, 1.165) is 0 Å². The molecule has 1 aromatic heterocycles. The van der Waals surface area contributed by atoms with Crippen LogP contribution < -0.4 is 5.32 Å². The van der Waals surface area contributed by atoms with E-state index >= 15 is 0 Å². The maximum absolute atomic E-state index is 12.1. The second-order valence-electron chi connectivity index (χ2n) is 3.98. The largest absolute Gasteiger partial charge is 0.340 e. The molecule has 1 unspecified atom stereocenters. The highest BCUT2D eigenvalue weighted by atomic mass is 35.5. The molecule has 2 rings (SSSR count). The predicted octanol–water partition coefficient (Wildman–Crippen LogP) is 3.18. The molecule has 19 heavy (non-hydrogen) atoms. The van der Waals surface area contributed by atoms with E-state index in [1.165, 1.54) is 0 Å². The molecule has 2 aromatic rings. The van der Waals surface area contributed by atoms with Gasteiger partial charge in [-0.3, -0.25) is 4.79 Å². The molecule has 0 spiro atoms. The van der Waals surface area contributed by atoms with Gasteiger partial charge in [0.05, 0.1) is 15.6 Å².